The van der Waals surface area contributed by atoms with Gasteiger partial charge in [-0.3, -0.25) is 4.65 Å². The average Bonchev–Trinajstić information content (AvgIpc) is 2.62. The van der Waals surface area contributed by atoms with Gasteiger partial charge in [0.05, 0.1) is 7.11 Å². The largest absolute Gasteiger partial charge is 0.616 e. The number of ether oxygens (including phenoxy) is 1. The molecule has 3 nitrogen and oxygen atoms in total. The summed E-state index contributed by atoms with van der Waals surface area (Å²) < 4.78 is 4.81. The second-order valence-electron chi connectivity index (χ2n) is 5.89. The molecule has 0 bridgehead atoms. The molecule has 0 unspecified atom stereocenters. The third-order valence-electron chi connectivity index (χ3n) is 4.25. The summed E-state index contributed by atoms with van der Waals surface area (Å²) in [6.07, 6.45) is 0. The molecule has 0 saturated heterocycles. The Bertz CT molecular complexity index is 766. The van der Waals surface area contributed by atoms with Crippen LogP contribution < -0.4 is 9.38 Å². The van der Waals surface area contributed by atoms with Gasteiger partial charge < -0.3 is 9.94 Å². The molecule has 0 aliphatic carbocycles. The molecule has 0 amide bonds. The molecule has 0 aliphatic rings. The molecule has 0 aromatic heterocycles. The van der Waals surface area contributed by atoms with Gasteiger partial charge in [0.2, 0.25) is 0 Å². The first-order valence-corrected chi connectivity index (χ1v) is 7.94. The summed E-state index contributed by atoms with van der Waals surface area (Å²) >= 11 is 0. The number of aryl methyl sites for hydroxylation is 2. The van der Waals surface area contributed by atoms with Crippen LogP contribution in [-0.4, -0.2) is 7.11 Å². The van der Waals surface area contributed by atoms with Gasteiger partial charge in [0.15, 0.2) is 0 Å². The third kappa shape index (κ3) is 2.68. The molecule has 0 saturated carbocycles. The maximum Gasteiger partial charge on any atom is 0.143 e. The molecular weight excluding hydrogens is 298 g/mol. The fraction of sp³-hybridized carbons (Fsp3) is 0.143. The predicted molar refractivity (Wildman–Crippen MR) is 99.8 cm³/mol. The van der Waals surface area contributed by atoms with Crippen LogP contribution in [0.5, 0.6) is 5.75 Å². The minimum absolute atomic E-state index is 0.632. The van der Waals surface area contributed by atoms with E-state index in [1.165, 1.54) is 0 Å². The van der Waals surface area contributed by atoms with E-state index in [1.54, 1.807) is 7.11 Å². The van der Waals surface area contributed by atoms with Crippen LogP contribution in [0.3, 0.4) is 0 Å². The van der Waals surface area contributed by atoms with Crippen molar-refractivity contribution in [1.82, 2.24) is 4.65 Å². The Morgan fingerprint density at radius 2 is 1.12 bits per heavy atom. The highest BCUT2D eigenvalue weighted by molar-refractivity contribution is 5.73. The number of hydrogen-bond donors (Lipinski definition) is 0. The highest BCUT2D eigenvalue weighted by Gasteiger charge is 2.28. The first-order valence-electron chi connectivity index (χ1n) is 7.94. The summed E-state index contributed by atoms with van der Waals surface area (Å²) in [5.41, 5.74) is 3.93. The van der Waals surface area contributed by atoms with E-state index in [1.807, 2.05) is 86.6 Å². The second-order valence-corrected chi connectivity index (χ2v) is 5.89. The monoisotopic (exact) mass is 319 g/mol. The molecule has 0 fully saturated rings. The molecule has 0 heterocycles. The SMILES string of the molecule is COc1c(C)cc([N+]([O-])(c2ccccc2)c2ccccc2)cc1C. The maximum absolute atomic E-state index is 14.1. The van der Waals surface area contributed by atoms with Gasteiger partial charge in [0.1, 0.15) is 22.8 Å². The van der Waals surface area contributed by atoms with E-state index in [0.29, 0.717) is 17.1 Å². The van der Waals surface area contributed by atoms with Crippen molar-refractivity contribution in [1.29, 1.82) is 0 Å². The number of nitrogens with zero attached hydrogens (tertiary/aromatic N) is 1. The second kappa shape index (κ2) is 6.48. The Kier molecular flexibility index (Phi) is 4.38. The van der Waals surface area contributed by atoms with E-state index >= 15 is 0 Å². The fourth-order valence-corrected chi connectivity index (χ4v) is 3.15. The van der Waals surface area contributed by atoms with Crippen LogP contribution in [0.15, 0.2) is 72.8 Å². The van der Waals surface area contributed by atoms with Crippen molar-refractivity contribution in [2.24, 2.45) is 0 Å². The number of benzene rings is 3. The van der Waals surface area contributed by atoms with Crippen molar-refractivity contribution in [2.75, 3.05) is 7.11 Å². The van der Waals surface area contributed by atoms with E-state index in [9.17, 15) is 5.21 Å². The Balaban J connectivity index is 2.28. The van der Waals surface area contributed by atoms with E-state index in [-0.39, 0.29) is 0 Å². The molecular formula is C21H21NO2. The molecule has 3 aromatic carbocycles. The number of methoxy groups -OCH3 is 1. The summed E-state index contributed by atoms with van der Waals surface area (Å²) in [7, 11) is 1.66. The van der Waals surface area contributed by atoms with E-state index in [0.717, 1.165) is 16.9 Å². The van der Waals surface area contributed by atoms with Crippen LogP contribution >= 0.6 is 0 Å². The lowest BCUT2D eigenvalue weighted by atomic mass is 10.1. The Morgan fingerprint density at radius 1 is 0.708 bits per heavy atom. The molecule has 3 aromatic rings. The lowest BCUT2D eigenvalue weighted by molar-refractivity contribution is 0.408. The van der Waals surface area contributed by atoms with Crippen molar-refractivity contribution < 1.29 is 4.74 Å². The summed E-state index contributed by atoms with van der Waals surface area (Å²) in [6, 6.07) is 22.7. The van der Waals surface area contributed by atoms with Gasteiger partial charge in [-0.25, -0.2) is 0 Å². The first kappa shape index (κ1) is 16.2. The summed E-state index contributed by atoms with van der Waals surface area (Å²) in [5.74, 6) is 0.825. The van der Waals surface area contributed by atoms with Gasteiger partial charge >= 0.3 is 0 Å². The predicted octanol–water partition coefficient (Wildman–Crippen LogP) is 5.78. The Hall–Kier alpha value is -2.62. The van der Waals surface area contributed by atoms with Gasteiger partial charge in [-0.2, -0.15) is 0 Å². The van der Waals surface area contributed by atoms with Crippen LogP contribution in [-0.2, 0) is 0 Å². The zero-order valence-corrected chi connectivity index (χ0v) is 14.2. The van der Waals surface area contributed by atoms with Crippen LogP contribution in [0, 0.1) is 19.1 Å². The van der Waals surface area contributed by atoms with Crippen LogP contribution in [0.1, 0.15) is 11.1 Å². The minimum Gasteiger partial charge on any atom is -0.616 e. The van der Waals surface area contributed by atoms with Gasteiger partial charge in [-0.15, -0.1) is 0 Å². The number of para-hydroxylation sites is 2. The molecule has 24 heavy (non-hydrogen) atoms. The highest BCUT2D eigenvalue weighted by atomic mass is 16.5. The van der Waals surface area contributed by atoms with Crippen molar-refractivity contribution in [2.45, 2.75) is 13.8 Å². The number of rotatable bonds is 4. The van der Waals surface area contributed by atoms with E-state index in [4.69, 9.17) is 4.74 Å². The van der Waals surface area contributed by atoms with Crippen molar-refractivity contribution >= 4 is 17.1 Å². The Labute approximate surface area is 142 Å². The molecule has 3 heteroatoms. The molecule has 0 radical (unpaired) electrons. The number of quaternary nitrogens is 1. The molecule has 122 valence electrons. The third-order valence-corrected chi connectivity index (χ3v) is 4.25. The average molecular weight is 319 g/mol. The number of hydrogen-bond acceptors (Lipinski definition) is 2. The summed E-state index contributed by atoms with van der Waals surface area (Å²) in [4.78, 5) is 0. The summed E-state index contributed by atoms with van der Waals surface area (Å²) in [6.45, 7) is 3.94. The van der Waals surface area contributed by atoms with E-state index < -0.39 is 4.65 Å². The van der Waals surface area contributed by atoms with Crippen molar-refractivity contribution in [3.8, 4) is 5.75 Å². The first-order chi connectivity index (χ1) is 11.6. The quantitative estimate of drug-likeness (QED) is 0.451. The van der Waals surface area contributed by atoms with Crippen LogP contribution in [0.25, 0.3) is 0 Å². The molecule has 0 aliphatic heterocycles. The van der Waals surface area contributed by atoms with Gasteiger partial charge in [-0.05, 0) is 25.0 Å². The standard InChI is InChI=1S/C21H21NO2/c1-16-14-20(15-17(2)21(16)24-3)22(23,18-10-6-4-7-11-18)19-12-8-5-9-13-19/h4-15H,1-3H3. The maximum atomic E-state index is 14.1. The lowest BCUT2D eigenvalue weighted by Crippen LogP contribution is -2.31. The normalized spacial score (nSPS) is 11.3. The van der Waals surface area contributed by atoms with Crippen LogP contribution in [0.2, 0.25) is 0 Å². The van der Waals surface area contributed by atoms with Gasteiger partial charge in [-0.1, -0.05) is 36.4 Å². The Morgan fingerprint density at radius 3 is 1.50 bits per heavy atom. The molecule has 3 rings (SSSR count). The lowest BCUT2D eigenvalue weighted by Gasteiger charge is -2.41. The topological polar surface area (TPSA) is 32.3 Å². The van der Waals surface area contributed by atoms with Gasteiger partial charge in [0.25, 0.3) is 0 Å². The minimum atomic E-state index is -0.632. The van der Waals surface area contributed by atoms with Crippen LogP contribution in [0.4, 0.5) is 17.1 Å². The highest BCUT2D eigenvalue weighted by Crippen LogP contribution is 2.44. The van der Waals surface area contributed by atoms with E-state index in [2.05, 4.69) is 0 Å². The fourth-order valence-electron chi connectivity index (χ4n) is 3.15. The zero-order chi connectivity index (χ0) is 17.2. The zero-order valence-electron chi connectivity index (χ0n) is 14.2. The molecule has 0 N–H and O–H groups in total. The smallest absolute Gasteiger partial charge is 0.143 e. The molecule has 0 spiro atoms. The summed E-state index contributed by atoms with van der Waals surface area (Å²) in [5, 5.41) is 14.1. The molecule has 0 atom stereocenters. The van der Waals surface area contributed by atoms with Crippen molar-refractivity contribution in [3.63, 3.8) is 0 Å². The van der Waals surface area contributed by atoms with Gasteiger partial charge in [0, 0.05) is 36.4 Å². The van der Waals surface area contributed by atoms with Crippen molar-refractivity contribution in [3.05, 3.63) is 89.1 Å².